The van der Waals surface area contributed by atoms with Gasteiger partial charge in [-0.05, 0) is 55.0 Å². The van der Waals surface area contributed by atoms with Crippen molar-refractivity contribution in [3.05, 3.63) is 107 Å². The Balaban J connectivity index is 1.91. The van der Waals surface area contributed by atoms with Crippen molar-refractivity contribution in [2.75, 3.05) is 7.11 Å². The van der Waals surface area contributed by atoms with Crippen LogP contribution < -0.4 is 4.74 Å². The number of carboxylic acids is 1. The summed E-state index contributed by atoms with van der Waals surface area (Å²) in [6.07, 6.45) is 1.17. The van der Waals surface area contributed by atoms with Crippen molar-refractivity contribution in [1.82, 2.24) is 9.78 Å². The number of methoxy groups -OCH3 is 1. The molecule has 1 aromatic heterocycles. The van der Waals surface area contributed by atoms with Crippen LogP contribution in [0.15, 0.2) is 84.9 Å². The predicted molar refractivity (Wildman–Crippen MR) is 126 cm³/mol. The minimum atomic E-state index is -1.05. The van der Waals surface area contributed by atoms with Gasteiger partial charge in [-0.15, -0.1) is 0 Å². The van der Waals surface area contributed by atoms with E-state index >= 15 is 0 Å². The van der Waals surface area contributed by atoms with Crippen LogP contribution in [0.2, 0.25) is 5.02 Å². The minimum Gasteiger partial charge on any atom is -0.497 e. The zero-order valence-corrected chi connectivity index (χ0v) is 18.4. The van der Waals surface area contributed by atoms with Gasteiger partial charge < -0.3 is 9.84 Å². The third-order valence-electron chi connectivity index (χ3n) is 5.07. The molecular weight excluding hydrogens is 424 g/mol. The Labute approximate surface area is 191 Å². The second-order valence-electron chi connectivity index (χ2n) is 7.29. The molecule has 0 aliphatic heterocycles. The van der Waals surface area contributed by atoms with Crippen molar-refractivity contribution in [1.29, 1.82) is 0 Å². The second-order valence-corrected chi connectivity index (χ2v) is 7.73. The number of nitrogens with zero attached hydrogens (tertiary/aromatic N) is 2. The molecule has 0 atom stereocenters. The monoisotopic (exact) mass is 444 g/mol. The fraction of sp³-hybridized carbons (Fsp3) is 0.0769. The first-order chi connectivity index (χ1) is 15.4. The summed E-state index contributed by atoms with van der Waals surface area (Å²) >= 11 is 6.03. The molecule has 3 aromatic carbocycles. The lowest BCUT2D eigenvalue weighted by Gasteiger charge is -2.09. The van der Waals surface area contributed by atoms with Crippen LogP contribution in [-0.4, -0.2) is 28.0 Å². The summed E-state index contributed by atoms with van der Waals surface area (Å²) in [6.45, 7) is 2.03. The maximum absolute atomic E-state index is 11.6. The zero-order valence-electron chi connectivity index (χ0n) is 17.6. The SMILES string of the molecule is COc1ccc(-n2nc(C(=CC(=O)O)c3ccc(Cl)cc3)cc2-c2ccc(C)cc2)cc1. The van der Waals surface area contributed by atoms with Crippen LogP contribution in [0.5, 0.6) is 5.75 Å². The van der Waals surface area contributed by atoms with Crippen LogP contribution in [0, 0.1) is 6.92 Å². The van der Waals surface area contributed by atoms with Crippen molar-refractivity contribution in [3.8, 4) is 22.7 Å². The summed E-state index contributed by atoms with van der Waals surface area (Å²) < 4.78 is 7.08. The van der Waals surface area contributed by atoms with E-state index in [0.29, 0.717) is 21.9 Å². The summed E-state index contributed by atoms with van der Waals surface area (Å²) in [4.78, 5) is 11.6. The van der Waals surface area contributed by atoms with Crippen LogP contribution >= 0.6 is 11.6 Å². The Morgan fingerprint density at radius 3 is 2.25 bits per heavy atom. The number of hydrogen-bond acceptors (Lipinski definition) is 3. The average Bonchev–Trinajstić information content (AvgIpc) is 3.24. The standard InChI is InChI=1S/C26H21ClN2O3/c1-17-3-5-19(6-4-17)25-16-24(28-29(25)21-11-13-22(32-2)14-12-21)23(15-26(30)31)18-7-9-20(27)10-8-18/h3-16H,1-2H3,(H,30,31). The lowest BCUT2D eigenvalue weighted by molar-refractivity contribution is -0.131. The van der Waals surface area contributed by atoms with Gasteiger partial charge in [-0.3, -0.25) is 0 Å². The van der Waals surface area contributed by atoms with Gasteiger partial charge in [0.1, 0.15) is 5.75 Å². The number of aryl methyl sites for hydroxylation is 1. The molecule has 4 aromatic rings. The Morgan fingerprint density at radius 2 is 1.66 bits per heavy atom. The number of aliphatic carboxylic acids is 1. The smallest absolute Gasteiger partial charge is 0.329 e. The Kier molecular flexibility index (Phi) is 6.10. The molecule has 0 spiro atoms. The lowest BCUT2D eigenvalue weighted by Crippen LogP contribution is -2.01. The Bertz CT molecular complexity index is 1270. The van der Waals surface area contributed by atoms with Gasteiger partial charge in [-0.2, -0.15) is 5.10 Å². The van der Waals surface area contributed by atoms with E-state index in [-0.39, 0.29) is 0 Å². The molecule has 0 aliphatic carbocycles. The third-order valence-corrected chi connectivity index (χ3v) is 5.32. The van der Waals surface area contributed by atoms with Gasteiger partial charge >= 0.3 is 5.97 Å². The van der Waals surface area contributed by atoms with E-state index in [1.807, 2.05) is 66.2 Å². The van der Waals surface area contributed by atoms with Gasteiger partial charge in [0.15, 0.2) is 0 Å². The number of carboxylic acid groups (broad SMARTS) is 1. The highest BCUT2D eigenvalue weighted by molar-refractivity contribution is 6.30. The molecule has 0 bridgehead atoms. The van der Waals surface area contributed by atoms with E-state index in [1.165, 1.54) is 6.08 Å². The molecule has 1 heterocycles. The van der Waals surface area contributed by atoms with Crippen molar-refractivity contribution in [3.63, 3.8) is 0 Å². The predicted octanol–water partition coefficient (Wildman–Crippen LogP) is 6.03. The molecule has 0 fully saturated rings. The van der Waals surface area contributed by atoms with E-state index in [2.05, 4.69) is 0 Å². The Hall–Kier alpha value is -3.83. The van der Waals surface area contributed by atoms with Gasteiger partial charge in [0.25, 0.3) is 0 Å². The normalized spacial score (nSPS) is 11.4. The molecule has 6 heteroatoms. The third kappa shape index (κ3) is 4.58. The molecule has 0 radical (unpaired) electrons. The summed E-state index contributed by atoms with van der Waals surface area (Å²) in [7, 11) is 1.62. The molecule has 32 heavy (non-hydrogen) atoms. The van der Waals surface area contributed by atoms with Crippen molar-refractivity contribution in [2.24, 2.45) is 0 Å². The van der Waals surface area contributed by atoms with Crippen LogP contribution in [0.4, 0.5) is 0 Å². The fourth-order valence-electron chi connectivity index (χ4n) is 3.42. The number of carbonyl (C=O) groups is 1. The first-order valence-corrected chi connectivity index (χ1v) is 10.3. The topological polar surface area (TPSA) is 64.4 Å². The van der Waals surface area contributed by atoms with Crippen LogP contribution in [0.25, 0.3) is 22.5 Å². The minimum absolute atomic E-state index is 0.495. The maximum atomic E-state index is 11.6. The number of hydrogen-bond donors (Lipinski definition) is 1. The number of benzene rings is 3. The summed E-state index contributed by atoms with van der Waals surface area (Å²) in [5.41, 5.74) is 5.55. The maximum Gasteiger partial charge on any atom is 0.329 e. The zero-order chi connectivity index (χ0) is 22.7. The van der Waals surface area contributed by atoms with E-state index < -0.39 is 5.97 Å². The molecule has 5 nitrogen and oxygen atoms in total. The van der Waals surface area contributed by atoms with E-state index in [4.69, 9.17) is 21.4 Å². The highest BCUT2D eigenvalue weighted by Gasteiger charge is 2.17. The Morgan fingerprint density at radius 1 is 1.00 bits per heavy atom. The van der Waals surface area contributed by atoms with E-state index in [9.17, 15) is 9.90 Å². The van der Waals surface area contributed by atoms with Crippen LogP contribution in [-0.2, 0) is 4.79 Å². The number of rotatable bonds is 6. The molecule has 0 amide bonds. The molecule has 0 saturated heterocycles. The summed E-state index contributed by atoms with van der Waals surface area (Å²) in [5.74, 6) is -0.309. The molecule has 160 valence electrons. The van der Waals surface area contributed by atoms with Crippen molar-refractivity contribution >= 4 is 23.1 Å². The number of ether oxygens (including phenoxy) is 1. The number of aromatic nitrogens is 2. The average molecular weight is 445 g/mol. The van der Waals surface area contributed by atoms with Gasteiger partial charge in [0.05, 0.1) is 24.2 Å². The molecule has 0 unspecified atom stereocenters. The van der Waals surface area contributed by atoms with Crippen molar-refractivity contribution in [2.45, 2.75) is 6.92 Å². The van der Waals surface area contributed by atoms with Gasteiger partial charge in [0, 0.05) is 22.2 Å². The van der Waals surface area contributed by atoms with Crippen molar-refractivity contribution < 1.29 is 14.6 Å². The molecule has 1 N–H and O–H groups in total. The van der Waals surface area contributed by atoms with Gasteiger partial charge in [0.2, 0.25) is 0 Å². The fourth-order valence-corrected chi connectivity index (χ4v) is 3.55. The van der Waals surface area contributed by atoms with Gasteiger partial charge in [-0.1, -0.05) is 53.6 Å². The van der Waals surface area contributed by atoms with E-state index in [0.717, 1.165) is 28.3 Å². The van der Waals surface area contributed by atoms with Crippen LogP contribution in [0.1, 0.15) is 16.8 Å². The second kappa shape index (κ2) is 9.12. The highest BCUT2D eigenvalue weighted by Crippen LogP contribution is 2.31. The molecule has 4 rings (SSSR count). The quantitative estimate of drug-likeness (QED) is 0.369. The summed E-state index contributed by atoms with van der Waals surface area (Å²) in [5, 5.41) is 14.9. The first kappa shape index (κ1) is 21.4. The highest BCUT2D eigenvalue weighted by atomic mass is 35.5. The molecule has 0 aliphatic rings. The van der Waals surface area contributed by atoms with Gasteiger partial charge in [-0.25, -0.2) is 9.48 Å². The molecule has 0 saturated carbocycles. The summed E-state index contributed by atoms with van der Waals surface area (Å²) in [6, 6.07) is 24.6. The van der Waals surface area contributed by atoms with E-state index in [1.54, 1.807) is 31.4 Å². The number of halogens is 1. The lowest BCUT2D eigenvalue weighted by atomic mass is 10.0. The largest absolute Gasteiger partial charge is 0.497 e. The first-order valence-electron chi connectivity index (χ1n) is 9.97. The van der Waals surface area contributed by atoms with Crippen LogP contribution in [0.3, 0.4) is 0 Å². The molecular formula is C26H21ClN2O3.